The number of rotatable bonds is 9. The van der Waals surface area contributed by atoms with Gasteiger partial charge in [-0.25, -0.2) is 4.99 Å². The Morgan fingerprint density at radius 3 is 2.41 bits per heavy atom. The first kappa shape index (κ1) is 25.0. The van der Waals surface area contributed by atoms with Crippen molar-refractivity contribution >= 4 is 47.2 Å². The number of carbonyl (C=O) groups is 1. The van der Waals surface area contributed by atoms with Crippen LogP contribution in [-0.4, -0.2) is 69.6 Å². The molecule has 0 aliphatic heterocycles. The van der Waals surface area contributed by atoms with Gasteiger partial charge in [0.25, 0.3) is 0 Å². The highest BCUT2D eigenvalue weighted by Crippen LogP contribution is 2.16. The summed E-state index contributed by atoms with van der Waals surface area (Å²) in [5, 5.41) is 5.36. The standard InChI is InChI=1S/C20H28N4O3S.HI/c1-23(2)19(25)15-22-20(21-14-18-6-5-13-28-18)24(3)11-12-27-17-9-7-16(26-4)8-10-17;/h5-10,13H,11-12,14-15H2,1-4H3,(H,21,22);1H. The summed E-state index contributed by atoms with van der Waals surface area (Å²) in [5.74, 6) is 2.20. The van der Waals surface area contributed by atoms with E-state index >= 15 is 0 Å². The average molecular weight is 532 g/mol. The summed E-state index contributed by atoms with van der Waals surface area (Å²) in [4.78, 5) is 21.1. The number of likely N-dealkylation sites (N-methyl/N-ethyl adjacent to an activating group) is 2. The maximum Gasteiger partial charge on any atom is 0.243 e. The zero-order valence-corrected chi connectivity index (χ0v) is 20.4. The first-order chi connectivity index (χ1) is 13.5. The lowest BCUT2D eigenvalue weighted by molar-refractivity contribution is -0.127. The minimum Gasteiger partial charge on any atom is -0.497 e. The number of halogens is 1. The van der Waals surface area contributed by atoms with E-state index in [1.165, 1.54) is 9.78 Å². The Balaban J connectivity index is 0.00000420. The van der Waals surface area contributed by atoms with Gasteiger partial charge >= 0.3 is 0 Å². The van der Waals surface area contributed by atoms with E-state index in [4.69, 9.17) is 9.47 Å². The maximum atomic E-state index is 11.9. The number of amides is 1. The molecular formula is C20H29IN4O3S. The van der Waals surface area contributed by atoms with E-state index in [1.807, 2.05) is 47.7 Å². The molecule has 0 bridgehead atoms. The van der Waals surface area contributed by atoms with Crippen molar-refractivity contribution in [1.82, 2.24) is 15.1 Å². The Kier molecular flexibility index (Phi) is 11.4. The van der Waals surface area contributed by atoms with Crippen LogP contribution in [-0.2, 0) is 11.3 Å². The molecule has 1 amide bonds. The van der Waals surface area contributed by atoms with E-state index in [0.29, 0.717) is 25.7 Å². The van der Waals surface area contributed by atoms with Crippen LogP contribution < -0.4 is 14.8 Å². The van der Waals surface area contributed by atoms with Crippen molar-refractivity contribution in [2.24, 2.45) is 4.99 Å². The normalized spacial score (nSPS) is 10.7. The van der Waals surface area contributed by atoms with Crippen LogP contribution in [0.15, 0.2) is 46.8 Å². The Labute approximate surface area is 193 Å². The summed E-state index contributed by atoms with van der Waals surface area (Å²) in [6, 6.07) is 11.5. The minimum atomic E-state index is -0.0432. The molecular weight excluding hydrogens is 503 g/mol. The Bertz CT molecular complexity index is 752. The molecule has 160 valence electrons. The lowest BCUT2D eigenvalue weighted by Gasteiger charge is -2.22. The highest BCUT2D eigenvalue weighted by molar-refractivity contribution is 14.0. The largest absolute Gasteiger partial charge is 0.497 e. The van der Waals surface area contributed by atoms with Gasteiger partial charge in [0.15, 0.2) is 5.96 Å². The predicted octanol–water partition coefficient (Wildman–Crippen LogP) is 2.92. The summed E-state index contributed by atoms with van der Waals surface area (Å²) < 4.78 is 10.9. The minimum absolute atomic E-state index is 0. The summed E-state index contributed by atoms with van der Waals surface area (Å²) in [6.45, 7) is 1.88. The van der Waals surface area contributed by atoms with Crippen molar-refractivity contribution in [3.05, 3.63) is 46.7 Å². The molecule has 0 radical (unpaired) electrons. The van der Waals surface area contributed by atoms with Crippen molar-refractivity contribution in [3.8, 4) is 11.5 Å². The summed E-state index contributed by atoms with van der Waals surface area (Å²) in [5.41, 5.74) is 0. The Morgan fingerprint density at radius 2 is 1.83 bits per heavy atom. The number of guanidine groups is 1. The van der Waals surface area contributed by atoms with Gasteiger partial charge < -0.3 is 24.6 Å². The van der Waals surface area contributed by atoms with Crippen LogP contribution in [0, 0.1) is 0 Å². The van der Waals surface area contributed by atoms with Crippen molar-refractivity contribution in [2.75, 3.05) is 47.9 Å². The van der Waals surface area contributed by atoms with Crippen LogP contribution in [0.5, 0.6) is 11.5 Å². The molecule has 1 heterocycles. The quantitative estimate of drug-likeness (QED) is 0.306. The smallest absolute Gasteiger partial charge is 0.243 e. The van der Waals surface area contributed by atoms with Crippen LogP contribution in [0.4, 0.5) is 0 Å². The fourth-order valence-corrected chi connectivity index (χ4v) is 2.90. The topological polar surface area (TPSA) is 66.4 Å². The number of hydrogen-bond acceptors (Lipinski definition) is 5. The van der Waals surface area contributed by atoms with Crippen molar-refractivity contribution in [3.63, 3.8) is 0 Å². The molecule has 0 unspecified atom stereocenters. The molecule has 0 aliphatic rings. The molecule has 9 heteroatoms. The molecule has 0 atom stereocenters. The predicted molar refractivity (Wildman–Crippen MR) is 129 cm³/mol. The third-order valence-corrected chi connectivity index (χ3v) is 4.86. The van der Waals surface area contributed by atoms with Gasteiger partial charge in [-0.3, -0.25) is 4.79 Å². The average Bonchev–Trinajstić information content (AvgIpc) is 3.21. The number of methoxy groups -OCH3 is 1. The van der Waals surface area contributed by atoms with Crippen molar-refractivity contribution in [2.45, 2.75) is 6.54 Å². The van der Waals surface area contributed by atoms with E-state index in [0.717, 1.165) is 11.5 Å². The molecule has 1 N–H and O–H groups in total. The van der Waals surface area contributed by atoms with E-state index in [9.17, 15) is 4.79 Å². The molecule has 1 aromatic carbocycles. The zero-order chi connectivity index (χ0) is 20.4. The molecule has 0 saturated carbocycles. The number of nitrogens with zero attached hydrogens (tertiary/aromatic N) is 3. The van der Waals surface area contributed by atoms with E-state index < -0.39 is 0 Å². The van der Waals surface area contributed by atoms with E-state index in [2.05, 4.69) is 16.4 Å². The lowest BCUT2D eigenvalue weighted by atomic mass is 10.3. The summed E-state index contributed by atoms with van der Waals surface area (Å²) >= 11 is 1.68. The first-order valence-electron chi connectivity index (χ1n) is 8.98. The highest BCUT2D eigenvalue weighted by Gasteiger charge is 2.10. The summed E-state index contributed by atoms with van der Waals surface area (Å²) in [7, 11) is 7.01. The number of ether oxygens (including phenoxy) is 2. The van der Waals surface area contributed by atoms with Crippen molar-refractivity contribution in [1.29, 1.82) is 0 Å². The molecule has 7 nitrogen and oxygen atoms in total. The summed E-state index contributed by atoms with van der Waals surface area (Å²) in [6.07, 6.45) is 0. The van der Waals surface area contributed by atoms with Gasteiger partial charge in [0.1, 0.15) is 24.7 Å². The van der Waals surface area contributed by atoms with Crippen LogP contribution >= 0.6 is 35.3 Å². The van der Waals surface area contributed by atoms with Gasteiger partial charge in [-0.1, -0.05) is 6.07 Å². The fourth-order valence-electron chi connectivity index (χ4n) is 2.25. The van der Waals surface area contributed by atoms with Gasteiger partial charge in [-0.2, -0.15) is 0 Å². The monoisotopic (exact) mass is 532 g/mol. The number of hydrogen-bond donors (Lipinski definition) is 1. The second-order valence-corrected chi connectivity index (χ2v) is 7.34. The Hall–Kier alpha value is -2.01. The molecule has 0 spiro atoms. The molecule has 2 rings (SSSR count). The highest BCUT2D eigenvalue weighted by atomic mass is 127. The van der Waals surface area contributed by atoms with Gasteiger partial charge in [0.05, 0.1) is 20.2 Å². The van der Waals surface area contributed by atoms with E-state index in [-0.39, 0.29) is 36.4 Å². The van der Waals surface area contributed by atoms with Crippen molar-refractivity contribution < 1.29 is 14.3 Å². The van der Waals surface area contributed by atoms with Crippen LogP contribution in [0.25, 0.3) is 0 Å². The molecule has 1 aromatic heterocycles. The van der Waals surface area contributed by atoms with Crippen LogP contribution in [0.1, 0.15) is 4.88 Å². The third-order valence-electron chi connectivity index (χ3n) is 3.98. The van der Waals surface area contributed by atoms with Gasteiger partial charge in [0.2, 0.25) is 5.91 Å². The van der Waals surface area contributed by atoms with Crippen LogP contribution in [0.3, 0.4) is 0 Å². The SMILES string of the molecule is COc1ccc(OCCN(C)C(=NCC(=O)N(C)C)NCc2cccs2)cc1.I. The molecule has 2 aromatic rings. The number of thiophene rings is 1. The third kappa shape index (κ3) is 8.90. The molecule has 29 heavy (non-hydrogen) atoms. The number of aliphatic imine (C=N–C) groups is 1. The molecule has 0 saturated heterocycles. The van der Waals surface area contributed by atoms with Crippen LogP contribution in [0.2, 0.25) is 0 Å². The number of nitrogens with one attached hydrogen (secondary N) is 1. The fraction of sp³-hybridized carbons (Fsp3) is 0.400. The number of carbonyl (C=O) groups excluding carboxylic acids is 1. The maximum absolute atomic E-state index is 11.9. The van der Waals surface area contributed by atoms with Gasteiger partial charge in [-0.05, 0) is 35.7 Å². The van der Waals surface area contributed by atoms with Gasteiger partial charge in [0, 0.05) is 26.0 Å². The first-order valence-corrected chi connectivity index (χ1v) is 9.86. The number of benzene rings is 1. The van der Waals surface area contributed by atoms with E-state index in [1.54, 1.807) is 32.5 Å². The zero-order valence-electron chi connectivity index (χ0n) is 17.3. The molecule has 0 aliphatic carbocycles. The second kappa shape index (κ2) is 13.3. The van der Waals surface area contributed by atoms with Gasteiger partial charge in [-0.15, -0.1) is 35.3 Å². The molecule has 0 fully saturated rings. The Morgan fingerprint density at radius 1 is 1.14 bits per heavy atom. The lowest BCUT2D eigenvalue weighted by Crippen LogP contribution is -2.41. The second-order valence-electron chi connectivity index (χ2n) is 6.31.